The van der Waals surface area contributed by atoms with Crippen LogP contribution >= 0.6 is 11.3 Å². The van der Waals surface area contributed by atoms with Crippen LogP contribution in [0.15, 0.2) is 48.7 Å². The number of thiazole rings is 1. The maximum absolute atomic E-state index is 9.60. The molecule has 0 atom stereocenters. The van der Waals surface area contributed by atoms with Crippen molar-refractivity contribution in [3.05, 3.63) is 59.8 Å². The fourth-order valence-corrected chi connectivity index (χ4v) is 3.77. The minimum absolute atomic E-state index is 0.223. The van der Waals surface area contributed by atoms with E-state index in [4.69, 9.17) is 10.6 Å². The Labute approximate surface area is 160 Å². The number of hydrogen-bond donors (Lipinski definition) is 2. The van der Waals surface area contributed by atoms with E-state index in [1.54, 1.807) is 47.2 Å². The van der Waals surface area contributed by atoms with Gasteiger partial charge in [-0.1, -0.05) is 23.5 Å². The number of rotatable bonds is 5. The number of phenolic OH excluding ortho intramolecular Hbond substituents is 1. The van der Waals surface area contributed by atoms with E-state index in [1.165, 1.54) is 11.3 Å². The molecule has 0 saturated carbocycles. The fourth-order valence-electron chi connectivity index (χ4n) is 2.84. The molecule has 4 rings (SSSR count). The van der Waals surface area contributed by atoms with E-state index >= 15 is 0 Å². The Morgan fingerprint density at radius 3 is 2.93 bits per heavy atom. The molecule has 2 heterocycles. The lowest BCUT2D eigenvalue weighted by Gasteiger charge is -2.18. The number of nitrogens with zero attached hydrogens (tertiary/aromatic N) is 4. The lowest BCUT2D eigenvalue weighted by molar-refractivity contribution is 0.291. The Bertz CT molecular complexity index is 1100. The van der Waals surface area contributed by atoms with E-state index in [-0.39, 0.29) is 5.75 Å². The van der Waals surface area contributed by atoms with Gasteiger partial charge < -0.3 is 14.9 Å². The standard InChI is InChI=1S/C19H19N5O2S/c1-12-4-3-5-16(23(2)20)14(12)11-26-18-8-9-24(22-18)19-21-15-7-6-13(25)10-17(15)27-19/h3-10,25H,11,20H2,1-2H3. The Morgan fingerprint density at radius 2 is 2.11 bits per heavy atom. The fraction of sp³-hybridized carbons (Fsp3) is 0.158. The average molecular weight is 381 g/mol. The van der Waals surface area contributed by atoms with Crippen LogP contribution in [-0.4, -0.2) is 26.9 Å². The van der Waals surface area contributed by atoms with Crippen molar-refractivity contribution < 1.29 is 9.84 Å². The number of hydrazine groups is 1. The number of nitrogens with two attached hydrogens (primary N) is 1. The van der Waals surface area contributed by atoms with Crippen molar-refractivity contribution >= 4 is 27.2 Å². The second-order valence-corrected chi connectivity index (χ2v) is 7.23. The zero-order valence-electron chi connectivity index (χ0n) is 15.0. The maximum Gasteiger partial charge on any atom is 0.233 e. The molecule has 0 fully saturated rings. The summed E-state index contributed by atoms with van der Waals surface area (Å²) in [5, 5.41) is 16.3. The first-order chi connectivity index (χ1) is 13.0. The van der Waals surface area contributed by atoms with Crippen molar-refractivity contribution in [2.75, 3.05) is 12.1 Å². The number of benzene rings is 2. The Hall–Kier alpha value is -3.10. The number of ether oxygens (including phenoxy) is 1. The molecule has 138 valence electrons. The van der Waals surface area contributed by atoms with E-state index < -0.39 is 0 Å². The third-order valence-electron chi connectivity index (χ3n) is 4.25. The van der Waals surface area contributed by atoms with Crippen LogP contribution in [0.2, 0.25) is 0 Å². The van der Waals surface area contributed by atoms with Crippen LogP contribution < -0.4 is 15.6 Å². The van der Waals surface area contributed by atoms with Gasteiger partial charge in [0, 0.05) is 24.9 Å². The van der Waals surface area contributed by atoms with E-state index in [2.05, 4.69) is 10.1 Å². The molecule has 0 aliphatic heterocycles. The van der Waals surface area contributed by atoms with Crippen LogP contribution in [0.5, 0.6) is 11.6 Å². The summed E-state index contributed by atoms with van der Waals surface area (Å²) in [5.74, 6) is 6.64. The summed E-state index contributed by atoms with van der Waals surface area (Å²) < 4.78 is 8.45. The number of phenols is 1. The van der Waals surface area contributed by atoms with Gasteiger partial charge >= 0.3 is 0 Å². The van der Waals surface area contributed by atoms with Gasteiger partial charge in [-0.3, -0.25) is 0 Å². The highest BCUT2D eigenvalue weighted by Gasteiger charge is 2.12. The molecule has 0 spiro atoms. The molecule has 3 N–H and O–H groups in total. The number of aromatic nitrogens is 3. The molecule has 2 aromatic carbocycles. The van der Waals surface area contributed by atoms with Crippen LogP contribution in [0.3, 0.4) is 0 Å². The van der Waals surface area contributed by atoms with Gasteiger partial charge in [-0.15, -0.1) is 5.10 Å². The first kappa shape index (κ1) is 17.3. The SMILES string of the molecule is Cc1cccc(N(C)N)c1COc1ccn(-c2nc3ccc(O)cc3s2)n1. The topological polar surface area (TPSA) is 89.4 Å². The van der Waals surface area contributed by atoms with Gasteiger partial charge in [-0.05, 0) is 36.8 Å². The van der Waals surface area contributed by atoms with Gasteiger partial charge in [0.05, 0.1) is 15.9 Å². The summed E-state index contributed by atoms with van der Waals surface area (Å²) in [6.45, 7) is 2.40. The van der Waals surface area contributed by atoms with Gasteiger partial charge in [0.15, 0.2) is 0 Å². The molecule has 0 unspecified atom stereocenters. The lowest BCUT2D eigenvalue weighted by atomic mass is 10.1. The lowest BCUT2D eigenvalue weighted by Crippen LogP contribution is -2.26. The highest BCUT2D eigenvalue weighted by molar-refractivity contribution is 7.20. The Kier molecular flexibility index (Phi) is 4.43. The molecule has 0 aliphatic carbocycles. The Morgan fingerprint density at radius 1 is 1.26 bits per heavy atom. The van der Waals surface area contributed by atoms with Crippen LogP contribution in [0.1, 0.15) is 11.1 Å². The molecule has 0 saturated heterocycles. The van der Waals surface area contributed by atoms with Crippen molar-refractivity contribution in [2.24, 2.45) is 5.84 Å². The van der Waals surface area contributed by atoms with Crippen LogP contribution in [0.4, 0.5) is 5.69 Å². The van der Waals surface area contributed by atoms with E-state index in [0.717, 1.165) is 27.0 Å². The van der Waals surface area contributed by atoms with Crippen LogP contribution in [0, 0.1) is 6.92 Å². The molecule has 4 aromatic rings. The van der Waals surface area contributed by atoms with Gasteiger partial charge in [-0.25, -0.2) is 15.5 Å². The van der Waals surface area contributed by atoms with Gasteiger partial charge in [0.25, 0.3) is 0 Å². The summed E-state index contributed by atoms with van der Waals surface area (Å²) >= 11 is 1.45. The quantitative estimate of drug-likeness (QED) is 0.407. The molecular formula is C19H19N5O2S. The molecule has 0 aliphatic rings. The molecule has 0 bridgehead atoms. The minimum Gasteiger partial charge on any atom is -0.508 e. The second kappa shape index (κ2) is 6.90. The average Bonchev–Trinajstić information content (AvgIpc) is 3.26. The highest BCUT2D eigenvalue weighted by Crippen LogP contribution is 2.28. The third-order valence-corrected chi connectivity index (χ3v) is 5.26. The predicted octanol–water partition coefficient (Wildman–Crippen LogP) is 3.38. The molecule has 8 heteroatoms. The van der Waals surface area contributed by atoms with Crippen molar-refractivity contribution in [1.82, 2.24) is 14.8 Å². The number of anilines is 1. The molecule has 7 nitrogen and oxygen atoms in total. The van der Waals surface area contributed by atoms with Crippen molar-refractivity contribution in [1.29, 1.82) is 0 Å². The number of aromatic hydroxyl groups is 1. The predicted molar refractivity (Wildman–Crippen MR) is 107 cm³/mol. The first-order valence-corrected chi connectivity index (χ1v) is 9.18. The van der Waals surface area contributed by atoms with E-state index in [9.17, 15) is 5.11 Å². The highest BCUT2D eigenvalue weighted by atomic mass is 32.1. The summed E-state index contributed by atoms with van der Waals surface area (Å²) in [7, 11) is 1.80. The number of fused-ring (bicyclic) bond motifs is 1. The largest absolute Gasteiger partial charge is 0.508 e. The molecule has 0 amide bonds. The molecule has 2 aromatic heterocycles. The zero-order valence-corrected chi connectivity index (χ0v) is 15.8. The van der Waals surface area contributed by atoms with E-state index in [0.29, 0.717) is 17.6 Å². The monoisotopic (exact) mass is 381 g/mol. The molecular weight excluding hydrogens is 362 g/mol. The number of aryl methyl sites for hydroxylation is 1. The van der Waals surface area contributed by atoms with Gasteiger partial charge in [0.1, 0.15) is 12.4 Å². The maximum atomic E-state index is 9.60. The third kappa shape index (κ3) is 3.44. The molecule has 0 radical (unpaired) electrons. The number of hydrogen-bond acceptors (Lipinski definition) is 7. The normalized spacial score (nSPS) is 11.1. The van der Waals surface area contributed by atoms with Crippen molar-refractivity contribution in [3.63, 3.8) is 0 Å². The summed E-state index contributed by atoms with van der Waals surface area (Å²) in [5.41, 5.74) is 3.87. The van der Waals surface area contributed by atoms with Crippen LogP contribution in [-0.2, 0) is 6.61 Å². The summed E-state index contributed by atoms with van der Waals surface area (Å²) in [6.07, 6.45) is 1.81. The molecule has 27 heavy (non-hydrogen) atoms. The summed E-state index contributed by atoms with van der Waals surface area (Å²) in [4.78, 5) is 4.54. The van der Waals surface area contributed by atoms with Gasteiger partial charge in [-0.2, -0.15) is 0 Å². The zero-order chi connectivity index (χ0) is 19.0. The minimum atomic E-state index is 0.223. The van der Waals surface area contributed by atoms with Gasteiger partial charge in [0.2, 0.25) is 11.0 Å². The van der Waals surface area contributed by atoms with Crippen molar-refractivity contribution in [2.45, 2.75) is 13.5 Å². The Balaban J connectivity index is 1.55. The summed E-state index contributed by atoms with van der Waals surface area (Å²) in [6, 6.07) is 12.9. The van der Waals surface area contributed by atoms with Crippen molar-refractivity contribution in [3.8, 4) is 16.8 Å². The second-order valence-electron chi connectivity index (χ2n) is 6.22. The first-order valence-electron chi connectivity index (χ1n) is 8.36. The van der Waals surface area contributed by atoms with Crippen LogP contribution in [0.25, 0.3) is 15.3 Å². The smallest absolute Gasteiger partial charge is 0.233 e. The van der Waals surface area contributed by atoms with E-state index in [1.807, 2.05) is 25.1 Å².